The van der Waals surface area contributed by atoms with Crippen LogP contribution < -0.4 is 5.73 Å². The molecule has 2 heterocycles. The summed E-state index contributed by atoms with van der Waals surface area (Å²) in [4.78, 5) is 8.48. The third kappa shape index (κ3) is 3.12. The Kier molecular flexibility index (Phi) is 4.38. The highest BCUT2D eigenvalue weighted by molar-refractivity contribution is 5.46. The van der Waals surface area contributed by atoms with E-state index in [2.05, 4.69) is 15.1 Å². The van der Waals surface area contributed by atoms with E-state index in [-0.39, 0.29) is 0 Å². The van der Waals surface area contributed by atoms with E-state index in [4.69, 9.17) is 15.0 Å². The lowest BCUT2D eigenvalue weighted by molar-refractivity contribution is 0.149. The fourth-order valence-electron chi connectivity index (χ4n) is 1.44. The third-order valence-corrected chi connectivity index (χ3v) is 2.42. The van der Waals surface area contributed by atoms with Gasteiger partial charge in [0.1, 0.15) is 5.69 Å². The molecule has 0 saturated heterocycles. The summed E-state index contributed by atoms with van der Waals surface area (Å²) in [5.41, 5.74) is 7.13. The Morgan fingerprint density at radius 3 is 2.94 bits per heavy atom. The molecule has 2 N–H and O–H groups in total. The van der Waals surface area contributed by atoms with Crippen LogP contribution in [0.5, 0.6) is 0 Å². The number of aromatic nitrogens is 3. The maximum atomic E-state index is 5.51. The van der Waals surface area contributed by atoms with Crippen molar-refractivity contribution < 1.29 is 9.26 Å². The summed E-state index contributed by atoms with van der Waals surface area (Å²) in [5.74, 6) is 1.05. The zero-order valence-corrected chi connectivity index (χ0v) is 10.3. The van der Waals surface area contributed by atoms with Crippen LogP contribution in [-0.2, 0) is 17.7 Å². The van der Waals surface area contributed by atoms with Crippen molar-refractivity contribution in [2.75, 3.05) is 13.2 Å². The Labute approximate surface area is 105 Å². The topological polar surface area (TPSA) is 87.1 Å². The lowest BCUT2D eigenvalue weighted by atomic mass is 10.2. The van der Waals surface area contributed by atoms with Crippen molar-refractivity contribution in [3.8, 4) is 11.6 Å². The Bertz CT molecular complexity index is 481. The predicted molar refractivity (Wildman–Crippen MR) is 65.6 cm³/mol. The van der Waals surface area contributed by atoms with Crippen LogP contribution in [0.3, 0.4) is 0 Å². The largest absolute Gasteiger partial charge is 0.381 e. The van der Waals surface area contributed by atoms with Gasteiger partial charge in [-0.25, -0.2) is 0 Å². The van der Waals surface area contributed by atoms with Crippen LogP contribution in [0.1, 0.15) is 18.3 Å². The molecule has 2 aromatic heterocycles. The molecule has 2 rings (SSSR count). The van der Waals surface area contributed by atoms with Crippen LogP contribution in [0.15, 0.2) is 22.9 Å². The van der Waals surface area contributed by atoms with Crippen molar-refractivity contribution in [3.63, 3.8) is 0 Å². The van der Waals surface area contributed by atoms with Crippen molar-refractivity contribution in [3.05, 3.63) is 29.7 Å². The lowest BCUT2D eigenvalue weighted by Gasteiger charge is -1.96. The highest BCUT2D eigenvalue weighted by Gasteiger charge is 2.09. The van der Waals surface area contributed by atoms with E-state index in [1.807, 2.05) is 19.1 Å². The molecule has 0 saturated carbocycles. The van der Waals surface area contributed by atoms with Gasteiger partial charge in [-0.15, -0.1) is 0 Å². The van der Waals surface area contributed by atoms with Gasteiger partial charge in [0.15, 0.2) is 5.82 Å². The van der Waals surface area contributed by atoms with Crippen molar-refractivity contribution >= 4 is 0 Å². The first-order chi connectivity index (χ1) is 8.83. The van der Waals surface area contributed by atoms with Crippen molar-refractivity contribution in [2.24, 2.45) is 5.73 Å². The van der Waals surface area contributed by atoms with Crippen LogP contribution in [0.25, 0.3) is 11.6 Å². The molecule has 2 aromatic rings. The van der Waals surface area contributed by atoms with E-state index >= 15 is 0 Å². The average Bonchev–Trinajstić information content (AvgIpc) is 2.88. The Morgan fingerprint density at radius 1 is 1.39 bits per heavy atom. The minimum atomic E-state index is 0.421. The zero-order valence-electron chi connectivity index (χ0n) is 10.3. The van der Waals surface area contributed by atoms with Crippen LogP contribution in [0.4, 0.5) is 0 Å². The van der Waals surface area contributed by atoms with E-state index in [0.717, 1.165) is 5.56 Å². The van der Waals surface area contributed by atoms with Gasteiger partial charge in [-0.2, -0.15) is 4.98 Å². The number of nitrogens with two attached hydrogens (primary N) is 1. The van der Waals surface area contributed by atoms with E-state index in [1.54, 1.807) is 6.20 Å². The maximum Gasteiger partial charge on any atom is 0.276 e. The van der Waals surface area contributed by atoms with Crippen molar-refractivity contribution in [1.82, 2.24) is 15.1 Å². The smallest absolute Gasteiger partial charge is 0.276 e. The number of rotatable bonds is 6. The van der Waals surface area contributed by atoms with Gasteiger partial charge in [0, 0.05) is 25.8 Å². The van der Waals surface area contributed by atoms with Crippen molar-refractivity contribution in [2.45, 2.75) is 19.9 Å². The number of nitrogens with zero attached hydrogens (tertiary/aromatic N) is 3. The molecular weight excluding hydrogens is 232 g/mol. The molecule has 0 unspecified atom stereocenters. The van der Waals surface area contributed by atoms with E-state index in [9.17, 15) is 0 Å². The second-order valence-corrected chi connectivity index (χ2v) is 3.72. The fourth-order valence-corrected chi connectivity index (χ4v) is 1.44. The quantitative estimate of drug-likeness (QED) is 0.772. The zero-order chi connectivity index (χ0) is 12.8. The van der Waals surface area contributed by atoms with E-state index in [0.29, 0.717) is 43.6 Å². The molecule has 0 fully saturated rings. The molecule has 0 atom stereocenters. The summed E-state index contributed by atoms with van der Waals surface area (Å²) in [6.07, 6.45) is 2.34. The molecule has 0 amide bonds. The fraction of sp³-hybridized carbons (Fsp3) is 0.417. The van der Waals surface area contributed by atoms with Gasteiger partial charge in [-0.3, -0.25) is 4.98 Å². The highest BCUT2D eigenvalue weighted by atomic mass is 16.5. The van der Waals surface area contributed by atoms with Crippen molar-refractivity contribution in [1.29, 1.82) is 0 Å². The van der Waals surface area contributed by atoms with Crippen LogP contribution in [0, 0.1) is 0 Å². The molecule has 0 aromatic carbocycles. The first kappa shape index (κ1) is 12.7. The lowest BCUT2D eigenvalue weighted by Crippen LogP contribution is -1.99. The summed E-state index contributed by atoms with van der Waals surface area (Å²) in [7, 11) is 0. The van der Waals surface area contributed by atoms with Crippen LogP contribution >= 0.6 is 0 Å². The summed E-state index contributed by atoms with van der Waals surface area (Å²) >= 11 is 0. The Balaban J connectivity index is 2.04. The minimum Gasteiger partial charge on any atom is -0.381 e. The first-order valence-electron chi connectivity index (χ1n) is 5.89. The van der Waals surface area contributed by atoms with Crippen LogP contribution in [0.2, 0.25) is 0 Å². The van der Waals surface area contributed by atoms with Gasteiger partial charge in [0.25, 0.3) is 5.89 Å². The van der Waals surface area contributed by atoms with Gasteiger partial charge in [-0.05, 0) is 18.6 Å². The Hall–Kier alpha value is -1.79. The monoisotopic (exact) mass is 248 g/mol. The van der Waals surface area contributed by atoms with Crippen LogP contribution in [-0.4, -0.2) is 28.3 Å². The summed E-state index contributed by atoms with van der Waals surface area (Å²) in [5, 5.41) is 3.88. The second-order valence-electron chi connectivity index (χ2n) is 3.72. The predicted octanol–water partition coefficient (Wildman–Crippen LogP) is 1.17. The maximum absolute atomic E-state index is 5.51. The average molecular weight is 248 g/mol. The van der Waals surface area contributed by atoms with Gasteiger partial charge >= 0.3 is 0 Å². The van der Waals surface area contributed by atoms with E-state index < -0.39 is 0 Å². The molecule has 6 nitrogen and oxygen atoms in total. The summed E-state index contributed by atoms with van der Waals surface area (Å²) in [6, 6.07) is 3.72. The molecular formula is C12H16N4O2. The highest BCUT2D eigenvalue weighted by Crippen LogP contribution is 2.14. The molecule has 0 radical (unpaired) electrons. The number of hydrogen-bond acceptors (Lipinski definition) is 6. The van der Waals surface area contributed by atoms with Gasteiger partial charge < -0.3 is 15.0 Å². The standard InChI is InChI=1S/C12H16N4O2/c1-2-17-6-5-11-15-12(18-16-11)10-4-3-9(7-13)8-14-10/h3-4,8H,2,5-7,13H2,1H3. The summed E-state index contributed by atoms with van der Waals surface area (Å²) in [6.45, 7) is 3.70. The molecule has 0 spiro atoms. The van der Waals surface area contributed by atoms with Gasteiger partial charge in [0.05, 0.1) is 6.61 Å². The summed E-state index contributed by atoms with van der Waals surface area (Å²) < 4.78 is 10.4. The van der Waals surface area contributed by atoms with E-state index in [1.165, 1.54) is 0 Å². The molecule has 18 heavy (non-hydrogen) atoms. The number of hydrogen-bond donors (Lipinski definition) is 1. The second kappa shape index (κ2) is 6.23. The normalized spacial score (nSPS) is 10.8. The minimum absolute atomic E-state index is 0.421. The molecule has 96 valence electrons. The molecule has 0 bridgehead atoms. The molecule has 0 aliphatic heterocycles. The Morgan fingerprint density at radius 2 is 2.28 bits per heavy atom. The SMILES string of the molecule is CCOCCc1noc(-c2ccc(CN)cn2)n1. The third-order valence-electron chi connectivity index (χ3n) is 2.42. The molecule has 6 heteroatoms. The molecule has 0 aliphatic carbocycles. The molecule has 0 aliphatic rings. The first-order valence-corrected chi connectivity index (χ1v) is 5.89. The number of pyridine rings is 1. The number of ether oxygens (including phenoxy) is 1. The van der Waals surface area contributed by atoms with Gasteiger partial charge in [-0.1, -0.05) is 11.2 Å². The van der Waals surface area contributed by atoms with Gasteiger partial charge in [0.2, 0.25) is 0 Å².